The van der Waals surface area contributed by atoms with E-state index >= 15 is 0 Å². The zero-order valence-corrected chi connectivity index (χ0v) is 12.8. The van der Waals surface area contributed by atoms with Crippen molar-refractivity contribution >= 4 is 17.4 Å². The molecule has 1 amide bonds. The van der Waals surface area contributed by atoms with Gasteiger partial charge in [-0.15, -0.1) is 0 Å². The smallest absolute Gasteiger partial charge is 0.269 e. The molecule has 1 unspecified atom stereocenters. The van der Waals surface area contributed by atoms with Gasteiger partial charge in [-0.3, -0.25) is 14.9 Å². The van der Waals surface area contributed by atoms with Crippen LogP contribution in [0, 0.1) is 17.0 Å². The molecule has 0 fully saturated rings. The predicted molar refractivity (Wildman–Crippen MR) is 82.3 cm³/mol. The lowest BCUT2D eigenvalue weighted by Crippen LogP contribution is -2.33. The minimum absolute atomic E-state index is 0.0353. The Bertz CT molecular complexity index is 681. The van der Waals surface area contributed by atoms with Crippen LogP contribution in [0.25, 0.3) is 0 Å². The summed E-state index contributed by atoms with van der Waals surface area (Å²) in [5.74, 6) is 0.948. The van der Waals surface area contributed by atoms with E-state index in [9.17, 15) is 14.9 Å². The summed E-state index contributed by atoms with van der Waals surface area (Å²) >= 11 is 0. The molecule has 1 aromatic heterocycles. The van der Waals surface area contributed by atoms with Gasteiger partial charge in [0.25, 0.3) is 11.6 Å². The van der Waals surface area contributed by atoms with E-state index in [1.54, 1.807) is 13.0 Å². The molecule has 0 saturated carbocycles. The molecule has 0 aliphatic carbocycles. The van der Waals surface area contributed by atoms with E-state index in [4.69, 9.17) is 9.26 Å². The van der Waals surface area contributed by atoms with Crippen molar-refractivity contribution in [3.8, 4) is 5.75 Å². The largest absolute Gasteiger partial charge is 0.481 e. The molecule has 0 aliphatic heterocycles. The number of non-ortho nitro benzene ring substituents is 1. The Balaban J connectivity index is 2.05. The van der Waals surface area contributed by atoms with Crippen LogP contribution in [-0.4, -0.2) is 22.1 Å². The van der Waals surface area contributed by atoms with Crippen LogP contribution in [0.5, 0.6) is 5.75 Å². The highest BCUT2D eigenvalue weighted by molar-refractivity contribution is 5.93. The van der Waals surface area contributed by atoms with Crippen molar-refractivity contribution < 1.29 is 19.0 Å². The van der Waals surface area contributed by atoms with Crippen molar-refractivity contribution in [2.45, 2.75) is 32.8 Å². The van der Waals surface area contributed by atoms with E-state index in [1.165, 1.54) is 24.3 Å². The molecule has 1 aromatic carbocycles. The summed E-state index contributed by atoms with van der Waals surface area (Å²) in [4.78, 5) is 22.4. The number of rotatable bonds is 7. The van der Waals surface area contributed by atoms with Gasteiger partial charge in [-0.1, -0.05) is 18.5 Å². The van der Waals surface area contributed by atoms with Crippen LogP contribution in [-0.2, 0) is 4.79 Å². The number of nitrogens with zero attached hydrogens (tertiary/aromatic N) is 2. The van der Waals surface area contributed by atoms with Gasteiger partial charge in [-0.05, 0) is 25.5 Å². The van der Waals surface area contributed by atoms with Crippen LogP contribution in [0.2, 0.25) is 0 Å². The van der Waals surface area contributed by atoms with Gasteiger partial charge in [0.1, 0.15) is 11.5 Å². The molecule has 0 radical (unpaired) electrons. The zero-order valence-electron chi connectivity index (χ0n) is 12.8. The van der Waals surface area contributed by atoms with Crippen LogP contribution in [0.4, 0.5) is 11.5 Å². The number of anilines is 1. The Labute approximate surface area is 132 Å². The molecule has 23 heavy (non-hydrogen) atoms. The third kappa shape index (κ3) is 4.53. The summed E-state index contributed by atoms with van der Waals surface area (Å²) in [6.07, 6.45) is 0.515. The fourth-order valence-electron chi connectivity index (χ4n) is 1.95. The molecule has 1 heterocycles. The van der Waals surface area contributed by atoms with Crippen molar-refractivity contribution in [2.75, 3.05) is 5.32 Å². The summed E-state index contributed by atoms with van der Waals surface area (Å²) in [6, 6.07) is 7.20. The second-order valence-corrected chi connectivity index (χ2v) is 4.96. The Kier molecular flexibility index (Phi) is 5.29. The Morgan fingerprint density at radius 3 is 2.65 bits per heavy atom. The lowest BCUT2D eigenvalue weighted by Gasteiger charge is -2.17. The molecule has 0 spiro atoms. The number of aromatic nitrogens is 1. The number of hydrogen-bond donors (Lipinski definition) is 1. The molecule has 0 aliphatic rings. The van der Waals surface area contributed by atoms with Gasteiger partial charge >= 0.3 is 0 Å². The van der Waals surface area contributed by atoms with Gasteiger partial charge in [0.15, 0.2) is 11.9 Å². The molecule has 1 N–H and O–H groups in total. The fraction of sp³-hybridized carbons (Fsp3) is 0.333. The first-order valence-corrected chi connectivity index (χ1v) is 7.15. The lowest BCUT2D eigenvalue weighted by molar-refractivity contribution is -0.384. The summed E-state index contributed by atoms with van der Waals surface area (Å²) in [5, 5.41) is 17.0. The van der Waals surface area contributed by atoms with Crippen LogP contribution < -0.4 is 10.1 Å². The SMILES string of the molecule is CCCC(Oc1ccc([N+](=O)[O-])cc1)C(=O)Nc1cc(C)on1. The van der Waals surface area contributed by atoms with Crippen molar-refractivity contribution in [3.05, 3.63) is 46.2 Å². The highest BCUT2D eigenvalue weighted by Gasteiger charge is 2.21. The molecule has 122 valence electrons. The van der Waals surface area contributed by atoms with Crippen molar-refractivity contribution in [2.24, 2.45) is 0 Å². The highest BCUT2D eigenvalue weighted by atomic mass is 16.6. The third-order valence-electron chi connectivity index (χ3n) is 3.05. The van der Waals surface area contributed by atoms with Crippen LogP contribution in [0.1, 0.15) is 25.5 Å². The van der Waals surface area contributed by atoms with Crippen molar-refractivity contribution in [1.82, 2.24) is 5.16 Å². The first-order chi connectivity index (χ1) is 11.0. The Morgan fingerprint density at radius 1 is 1.43 bits per heavy atom. The van der Waals surface area contributed by atoms with E-state index in [-0.39, 0.29) is 11.6 Å². The number of ether oxygens (including phenoxy) is 1. The number of nitro groups is 1. The molecule has 0 saturated heterocycles. The molecule has 2 rings (SSSR count). The lowest BCUT2D eigenvalue weighted by atomic mass is 10.2. The molecule has 2 aromatic rings. The second kappa shape index (κ2) is 7.39. The molecule has 1 atom stereocenters. The van der Waals surface area contributed by atoms with Crippen LogP contribution in [0.15, 0.2) is 34.9 Å². The number of hydrogen-bond acceptors (Lipinski definition) is 6. The van der Waals surface area contributed by atoms with Crippen LogP contribution in [0.3, 0.4) is 0 Å². The minimum atomic E-state index is -0.724. The summed E-state index contributed by atoms with van der Waals surface area (Å²) in [7, 11) is 0. The third-order valence-corrected chi connectivity index (χ3v) is 3.05. The normalized spacial score (nSPS) is 11.7. The number of nitro benzene ring substituents is 1. The van der Waals surface area contributed by atoms with Crippen molar-refractivity contribution in [3.63, 3.8) is 0 Å². The first kappa shape index (κ1) is 16.5. The quantitative estimate of drug-likeness (QED) is 0.620. The number of carbonyl (C=O) groups is 1. The van der Waals surface area contributed by atoms with Gasteiger partial charge in [0.05, 0.1) is 4.92 Å². The van der Waals surface area contributed by atoms with Gasteiger partial charge in [0, 0.05) is 18.2 Å². The second-order valence-electron chi connectivity index (χ2n) is 4.96. The van der Waals surface area contributed by atoms with E-state index in [0.29, 0.717) is 23.7 Å². The van der Waals surface area contributed by atoms with Gasteiger partial charge in [-0.25, -0.2) is 0 Å². The topological polar surface area (TPSA) is 108 Å². The molecular weight excluding hydrogens is 302 g/mol. The summed E-state index contributed by atoms with van der Waals surface area (Å²) < 4.78 is 10.5. The summed E-state index contributed by atoms with van der Waals surface area (Å²) in [5.41, 5.74) is -0.0353. The maximum Gasteiger partial charge on any atom is 0.269 e. The van der Waals surface area contributed by atoms with Crippen LogP contribution >= 0.6 is 0 Å². The monoisotopic (exact) mass is 319 g/mol. The zero-order chi connectivity index (χ0) is 16.8. The number of carbonyl (C=O) groups excluding carboxylic acids is 1. The fourth-order valence-corrected chi connectivity index (χ4v) is 1.95. The molecule has 8 heteroatoms. The molecule has 0 bridgehead atoms. The number of nitrogens with one attached hydrogen (secondary N) is 1. The predicted octanol–water partition coefficient (Wildman–Crippen LogP) is 3.08. The molecule has 8 nitrogen and oxygen atoms in total. The van der Waals surface area contributed by atoms with E-state index < -0.39 is 11.0 Å². The Morgan fingerprint density at radius 2 is 2.13 bits per heavy atom. The van der Waals surface area contributed by atoms with Gasteiger partial charge in [-0.2, -0.15) is 0 Å². The average Bonchev–Trinajstić information content (AvgIpc) is 2.92. The van der Waals surface area contributed by atoms with E-state index in [2.05, 4.69) is 10.5 Å². The maximum atomic E-state index is 12.3. The average molecular weight is 319 g/mol. The number of amides is 1. The van der Waals surface area contributed by atoms with Gasteiger partial charge in [0.2, 0.25) is 0 Å². The highest BCUT2D eigenvalue weighted by Crippen LogP contribution is 2.20. The number of benzene rings is 1. The standard InChI is InChI=1S/C15H17N3O5/c1-3-4-13(15(19)16-14-9-10(2)23-17-14)22-12-7-5-11(6-8-12)18(20)21/h5-9,13H,3-4H2,1-2H3,(H,16,17,19). The van der Waals surface area contributed by atoms with E-state index in [1.807, 2.05) is 6.92 Å². The number of aryl methyl sites for hydroxylation is 1. The Hall–Kier alpha value is -2.90. The summed E-state index contributed by atoms with van der Waals surface area (Å²) in [6.45, 7) is 3.65. The maximum absolute atomic E-state index is 12.3. The van der Waals surface area contributed by atoms with Gasteiger partial charge < -0.3 is 14.6 Å². The van der Waals surface area contributed by atoms with E-state index in [0.717, 1.165) is 6.42 Å². The minimum Gasteiger partial charge on any atom is -0.481 e. The van der Waals surface area contributed by atoms with Crippen molar-refractivity contribution in [1.29, 1.82) is 0 Å². The molecular formula is C15H17N3O5. The first-order valence-electron chi connectivity index (χ1n) is 7.15.